The molecule has 0 unspecified atom stereocenters. The lowest BCUT2D eigenvalue weighted by Crippen LogP contribution is -2.03. The van der Waals surface area contributed by atoms with Crippen LogP contribution in [0, 0.1) is 5.82 Å². The Bertz CT molecular complexity index is 336. The second kappa shape index (κ2) is 3.12. The molecule has 1 aliphatic carbocycles. The van der Waals surface area contributed by atoms with Crippen LogP contribution in [0.2, 0.25) is 0 Å². The van der Waals surface area contributed by atoms with Crippen LogP contribution in [-0.4, -0.2) is 17.4 Å². The van der Waals surface area contributed by atoms with Crippen molar-refractivity contribution in [2.24, 2.45) is 0 Å². The molecule has 0 aliphatic heterocycles. The molecule has 0 N–H and O–H groups in total. The Kier molecular flexibility index (Phi) is 1.96. The Morgan fingerprint density at radius 2 is 2.38 bits per heavy atom. The molecule has 1 heterocycles. The zero-order valence-electron chi connectivity index (χ0n) is 6.87. The molecule has 1 aromatic rings. The second-order valence-corrected chi connectivity index (χ2v) is 2.94. The van der Waals surface area contributed by atoms with Crippen LogP contribution in [-0.2, 0) is 0 Å². The van der Waals surface area contributed by atoms with Crippen molar-refractivity contribution in [1.29, 1.82) is 0 Å². The van der Waals surface area contributed by atoms with E-state index in [1.807, 2.05) is 0 Å². The third-order valence-electron chi connectivity index (χ3n) is 1.80. The van der Waals surface area contributed by atoms with E-state index in [4.69, 9.17) is 4.74 Å². The molecule has 1 aliphatic rings. The Balaban J connectivity index is 2.32. The fraction of sp³-hybridized carbons (Fsp3) is 0.333. The lowest BCUT2D eigenvalue weighted by Gasteiger charge is -2.06. The minimum Gasteiger partial charge on any atom is -0.485 e. The summed E-state index contributed by atoms with van der Waals surface area (Å²) in [6, 6.07) is 1.19. The summed E-state index contributed by atoms with van der Waals surface area (Å²) in [7, 11) is 0. The maximum Gasteiger partial charge on any atom is 0.184 e. The van der Waals surface area contributed by atoms with E-state index in [9.17, 15) is 9.18 Å². The van der Waals surface area contributed by atoms with E-state index in [1.54, 1.807) is 0 Å². The molecule has 0 amide bonds. The van der Waals surface area contributed by atoms with Crippen molar-refractivity contribution >= 4 is 6.29 Å². The summed E-state index contributed by atoms with van der Waals surface area (Å²) >= 11 is 0. The number of pyridine rings is 1. The van der Waals surface area contributed by atoms with Crippen LogP contribution >= 0.6 is 0 Å². The summed E-state index contributed by atoms with van der Waals surface area (Å²) in [5.74, 6) is -0.538. The summed E-state index contributed by atoms with van der Waals surface area (Å²) in [6.45, 7) is 0. The van der Waals surface area contributed by atoms with Crippen molar-refractivity contribution in [2.75, 3.05) is 0 Å². The zero-order valence-corrected chi connectivity index (χ0v) is 6.87. The molecule has 1 saturated carbocycles. The van der Waals surface area contributed by atoms with Gasteiger partial charge in [0.05, 0.1) is 6.10 Å². The number of carbonyl (C=O) groups is 1. The molecule has 4 heteroatoms. The van der Waals surface area contributed by atoms with E-state index in [0.29, 0.717) is 6.29 Å². The van der Waals surface area contributed by atoms with Crippen LogP contribution in [0.1, 0.15) is 23.3 Å². The largest absolute Gasteiger partial charge is 0.485 e. The number of aldehydes is 1. The highest BCUT2D eigenvalue weighted by Gasteiger charge is 2.26. The third-order valence-corrected chi connectivity index (χ3v) is 1.80. The highest BCUT2D eigenvalue weighted by molar-refractivity contribution is 5.76. The summed E-state index contributed by atoms with van der Waals surface area (Å²) < 4.78 is 18.3. The minimum atomic E-state index is -0.524. The van der Waals surface area contributed by atoms with Crippen LogP contribution in [0.5, 0.6) is 5.75 Å². The molecule has 68 valence electrons. The lowest BCUT2D eigenvalue weighted by molar-refractivity contribution is 0.111. The number of rotatable bonds is 3. The minimum absolute atomic E-state index is 0.0139. The summed E-state index contributed by atoms with van der Waals surface area (Å²) in [5, 5.41) is 0. The maximum absolute atomic E-state index is 13.1. The summed E-state index contributed by atoms with van der Waals surface area (Å²) in [6.07, 6.45) is 3.66. The topological polar surface area (TPSA) is 39.2 Å². The van der Waals surface area contributed by atoms with Gasteiger partial charge in [-0.15, -0.1) is 0 Å². The predicted octanol–water partition coefficient (Wildman–Crippen LogP) is 1.57. The molecule has 0 radical (unpaired) electrons. The highest BCUT2D eigenvalue weighted by Crippen LogP contribution is 2.29. The van der Waals surface area contributed by atoms with E-state index in [0.717, 1.165) is 12.8 Å². The van der Waals surface area contributed by atoms with Gasteiger partial charge in [0, 0.05) is 6.20 Å². The number of halogens is 1. The van der Waals surface area contributed by atoms with Gasteiger partial charge >= 0.3 is 0 Å². The average Bonchev–Trinajstić information content (AvgIpc) is 2.92. The van der Waals surface area contributed by atoms with Gasteiger partial charge in [0.1, 0.15) is 5.69 Å². The molecule has 0 atom stereocenters. The van der Waals surface area contributed by atoms with Gasteiger partial charge in [-0.3, -0.25) is 4.79 Å². The van der Waals surface area contributed by atoms with E-state index in [2.05, 4.69) is 4.98 Å². The van der Waals surface area contributed by atoms with Gasteiger partial charge in [-0.25, -0.2) is 9.37 Å². The van der Waals surface area contributed by atoms with Crippen LogP contribution < -0.4 is 4.74 Å². The third kappa shape index (κ3) is 1.66. The van der Waals surface area contributed by atoms with Crippen molar-refractivity contribution < 1.29 is 13.9 Å². The van der Waals surface area contributed by atoms with Gasteiger partial charge in [0.2, 0.25) is 0 Å². The van der Waals surface area contributed by atoms with E-state index in [1.165, 1.54) is 12.3 Å². The number of hydrogen-bond donors (Lipinski definition) is 0. The number of aromatic nitrogens is 1. The summed E-state index contributed by atoms with van der Waals surface area (Å²) in [5.41, 5.74) is 0.0342. The first-order valence-electron chi connectivity index (χ1n) is 4.07. The SMILES string of the molecule is O=Cc1nccc(F)c1OC1CC1. The van der Waals surface area contributed by atoms with Gasteiger partial charge in [0.15, 0.2) is 17.9 Å². The van der Waals surface area contributed by atoms with Crippen LogP contribution in [0.4, 0.5) is 4.39 Å². The molecular formula is C9H8FNO2. The predicted molar refractivity (Wildman–Crippen MR) is 43.2 cm³/mol. The van der Waals surface area contributed by atoms with E-state index < -0.39 is 5.82 Å². The Hall–Kier alpha value is -1.45. The van der Waals surface area contributed by atoms with Crippen molar-refractivity contribution in [3.63, 3.8) is 0 Å². The number of nitrogens with zero attached hydrogens (tertiary/aromatic N) is 1. The molecule has 13 heavy (non-hydrogen) atoms. The molecule has 1 aromatic heterocycles. The van der Waals surface area contributed by atoms with E-state index in [-0.39, 0.29) is 17.5 Å². The number of ether oxygens (including phenoxy) is 1. The Morgan fingerprint density at radius 1 is 1.62 bits per heavy atom. The average molecular weight is 181 g/mol. The molecule has 3 nitrogen and oxygen atoms in total. The van der Waals surface area contributed by atoms with Crippen molar-refractivity contribution in [1.82, 2.24) is 4.98 Å². The number of hydrogen-bond acceptors (Lipinski definition) is 3. The van der Waals surface area contributed by atoms with Crippen LogP contribution in [0.25, 0.3) is 0 Å². The fourth-order valence-corrected chi connectivity index (χ4v) is 0.993. The molecule has 0 saturated heterocycles. The Labute approximate surface area is 74.5 Å². The fourth-order valence-electron chi connectivity index (χ4n) is 0.993. The standard InChI is InChI=1S/C9H8FNO2/c10-7-3-4-11-8(5-12)9(7)13-6-1-2-6/h3-6H,1-2H2. The summed E-state index contributed by atoms with van der Waals surface area (Å²) in [4.78, 5) is 14.2. The monoisotopic (exact) mass is 181 g/mol. The smallest absolute Gasteiger partial charge is 0.184 e. The number of carbonyl (C=O) groups excluding carboxylic acids is 1. The van der Waals surface area contributed by atoms with Crippen LogP contribution in [0.15, 0.2) is 12.3 Å². The second-order valence-electron chi connectivity index (χ2n) is 2.94. The molecule has 2 rings (SSSR count). The first-order valence-corrected chi connectivity index (χ1v) is 4.07. The molecule has 0 bridgehead atoms. The lowest BCUT2D eigenvalue weighted by atomic mass is 10.3. The van der Waals surface area contributed by atoms with Gasteiger partial charge < -0.3 is 4.74 Å². The van der Waals surface area contributed by atoms with E-state index >= 15 is 0 Å². The maximum atomic E-state index is 13.1. The van der Waals surface area contributed by atoms with Crippen molar-refractivity contribution in [3.8, 4) is 5.75 Å². The first-order chi connectivity index (χ1) is 6.31. The first kappa shape index (κ1) is 8.16. The van der Waals surface area contributed by atoms with Crippen molar-refractivity contribution in [3.05, 3.63) is 23.8 Å². The zero-order chi connectivity index (χ0) is 9.26. The normalized spacial score (nSPS) is 15.5. The quantitative estimate of drug-likeness (QED) is 0.664. The van der Waals surface area contributed by atoms with Crippen LogP contribution in [0.3, 0.4) is 0 Å². The molecule has 0 aromatic carbocycles. The van der Waals surface area contributed by atoms with Crippen molar-refractivity contribution in [2.45, 2.75) is 18.9 Å². The van der Waals surface area contributed by atoms with Gasteiger partial charge in [-0.05, 0) is 18.9 Å². The Morgan fingerprint density at radius 3 is 3.00 bits per heavy atom. The molecular weight excluding hydrogens is 173 g/mol. The molecule has 0 spiro atoms. The molecule has 1 fully saturated rings. The van der Waals surface area contributed by atoms with Gasteiger partial charge in [0.25, 0.3) is 0 Å². The van der Waals surface area contributed by atoms with Gasteiger partial charge in [-0.1, -0.05) is 0 Å². The van der Waals surface area contributed by atoms with Gasteiger partial charge in [-0.2, -0.15) is 0 Å². The highest BCUT2D eigenvalue weighted by atomic mass is 19.1.